The minimum Gasteiger partial charge on any atom is -0.482 e. The molecule has 1 saturated heterocycles. The summed E-state index contributed by atoms with van der Waals surface area (Å²) in [7, 11) is 0. The fraction of sp³-hybridized carbons (Fsp3) is 0.300. The Morgan fingerprint density at radius 2 is 1.66 bits per heavy atom. The van der Waals surface area contributed by atoms with Gasteiger partial charge in [-0.05, 0) is 30.3 Å². The molecule has 1 aliphatic heterocycles. The van der Waals surface area contributed by atoms with Crippen molar-refractivity contribution < 1.29 is 38.5 Å². The lowest BCUT2D eigenvalue weighted by Crippen LogP contribution is -2.51. The molecular formula is C20H20Cl2N2O8. The number of aliphatic carboxylic acids is 2. The van der Waals surface area contributed by atoms with E-state index in [1.807, 2.05) is 4.90 Å². The minimum absolute atomic E-state index is 0.0597. The quantitative estimate of drug-likeness (QED) is 0.464. The molecule has 0 radical (unpaired) electrons. The maximum atomic E-state index is 12.3. The van der Waals surface area contributed by atoms with Gasteiger partial charge in [-0.1, -0.05) is 23.2 Å². The summed E-state index contributed by atoms with van der Waals surface area (Å²) in [6.45, 7) is 2.53. The van der Waals surface area contributed by atoms with Crippen molar-refractivity contribution in [2.75, 3.05) is 39.3 Å². The van der Waals surface area contributed by atoms with Gasteiger partial charge in [0.15, 0.2) is 12.4 Å². The van der Waals surface area contributed by atoms with Crippen LogP contribution < -0.4 is 4.74 Å². The van der Waals surface area contributed by atoms with Crippen LogP contribution in [0.5, 0.6) is 5.75 Å². The molecule has 1 aliphatic rings. The molecule has 3 rings (SSSR count). The molecule has 172 valence electrons. The van der Waals surface area contributed by atoms with E-state index in [0.717, 1.165) is 0 Å². The number of hydrogen-bond donors (Lipinski definition) is 2. The molecule has 2 aromatic rings. The van der Waals surface area contributed by atoms with E-state index < -0.39 is 11.9 Å². The first-order valence-electron chi connectivity index (χ1n) is 9.28. The third-order valence-corrected chi connectivity index (χ3v) is 4.85. The summed E-state index contributed by atoms with van der Waals surface area (Å²) in [5.74, 6) is -3.04. The Kier molecular flexibility index (Phi) is 9.51. The van der Waals surface area contributed by atoms with E-state index in [9.17, 15) is 9.59 Å². The van der Waals surface area contributed by atoms with E-state index >= 15 is 0 Å². The van der Waals surface area contributed by atoms with Crippen molar-refractivity contribution >= 4 is 46.8 Å². The number of piperazine rings is 1. The molecule has 0 bridgehead atoms. The number of halogens is 2. The zero-order valence-electron chi connectivity index (χ0n) is 16.7. The number of carbonyl (C=O) groups is 4. The highest BCUT2D eigenvalue weighted by atomic mass is 35.5. The molecule has 0 saturated carbocycles. The fourth-order valence-corrected chi connectivity index (χ4v) is 3.16. The molecule has 0 spiro atoms. The van der Waals surface area contributed by atoms with E-state index in [1.54, 1.807) is 35.2 Å². The molecular weight excluding hydrogens is 467 g/mol. The van der Waals surface area contributed by atoms with Crippen LogP contribution in [0, 0.1) is 0 Å². The smallest absolute Gasteiger partial charge is 0.414 e. The number of ether oxygens (including phenoxy) is 1. The van der Waals surface area contributed by atoms with Crippen LogP contribution >= 0.6 is 23.2 Å². The predicted octanol–water partition coefficient (Wildman–Crippen LogP) is 2.15. The van der Waals surface area contributed by atoms with Gasteiger partial charge in [0, 0.05) is 31.2 Å². The SMILES string of the molecule is O=C(CN1CCN(C(=O)COc2ccc(Cl)cc2Cl)CC1)c1ccco1.O=C(O)C(=O)O. The Morgan fingerprint density at radius 3 is 2.19 bits per heavy atom. The lowest BCUT2D eigenvalue weighted by Gasteiger charge is -2.34. The highest BCUT2D eigenvalue weighted by Gasteiger charge is 2.23. The molecule has 10 nitrogen and oxygen atoms in total. The number of nitrogens with zero attached hydrogens (tertiary/aromatic N) is 2. The van der Waals surface area contributed by atoms with Gasteiger partial charge in [0.05, 0.1) is 17.8 Å². The Morgan fingerprint density at radius 1 is 1.00 bits per heavy atom. The van der Waals surface area contributed by atoms with Gasteiger partial charge in [-0.15, -0.1) is 0 Å². The van der Waals surface area contributed by atoms with E-state index in [0.29, 0.717) is 47.7 Å². The van der Waals surface area contributed by atoms with Gasteiger partial charge in [0.1, 0.15) is 5.75 Å². The van der Waals surface area contributed by atoms with Crippen LogP contribution in [0.15, 0.2) is 41.0 Å². The van der Waals surface area contributed by atoms with Crippen molar-refractivity contribution in [3.63, 3.8) is 0 Å². The number of hydrogen-bond acceptors (Lipinski definition) is 7. The van der Waals surface area contributed by atoms with Crippen LogP contribution in [0.1, 0.15) is 10.6 Å². The van der Waals surface area contributed by atoms with Crippen molar-refractivity contribution in [3.05, 3.63) is 52.4 Å². The fourth-order valence-electron chi connectivity index (χ4n) is 2.70. The van der Waals surface area contributed by atoms with Gasteiger partial charge in [0.2, 0.25) is 5.78 Å². The molecule has 12 heteroatoms. The highest BCUT2D eigenvalue weighted by Crippen LogP contribution is 2.27. The molecule has 0 unspecified atom stereocenters. The first-order chi connectivity index (χ1) is 15.2. The normalized spacial score (nSPS) is 13.6. The molecule has 1 aromatic carbocycles. The van der Waals surface area contributed by atoms with Gasteiger partial charge >= 0.3 is 11.9 Å². The Hall–Kier alpha value is -3.08. The number of carbonyl (C=O) groups excluding carboxylic acids is 2. The standard InChI is InChI=1S/C18H18Cl2N2O4.C2H2O4/c19-13-3-4-16(14(20)10-13)26-12-18(24)22-7-5-21(6-8-22)11-15(23)17-2-1-9-25-17;3-1(4)2(5)6/h1-4,9-10H,5-8,11-12H2;(H,3,4)(H,5,6). The van der Waals surface area contributed by atoms with Crippen molar-refractivity contribution in [2.45, 2.75) is 0 Å². The molecule has 0 atom stereocenters. The molecule has 2 heterocycles. The second-order valence-electron chi connectivity index (χ2n) is 6.53. The van der Waals surface area contributed by atoms with Crippen LogP contribution in [0.3, 0.4) is 0 Å². The van der Waals surface area contributed by atoms with Crippen LogP contribution in [0.25, 0.3) is 0 Å². The second-order valence-corrected chi connectivity index (χ2v) is 7.37. The largest absolute Gasteiger partial charge is 0.482 e. The minimum atomic E-state index is -1.82. The van der Waals surface area contributed by atoms with Crippen molar-refractivity contribution in [1.29, 1.82) is 0 Å². The number of benzene rings is 1. The molecule has 1 fully saturated rings. The predicted molar refractivity (Wildman–Crippen MR) is 113 cm³/mol. The van der Waals surface area contributed by atoms with Gasteiger partial charge in [0.25, 0.3) is 5.91 Å². The Labute approximate surface area is 192 Å². The maximum absolute atomic E-state index is 12.3. The maximum Gasteiger partial charge on any atom is 0.414 e. The summed E-state index contributed by atoms with van der Waals surface area (Å²) in [5, 5.41) is 15.7. The number of Topliss-reactive ketones (excluding diaryl/α,β-unsaturated/α-hetero) is 1. The van der Waals surface area contributed by atoms with E-state index in [4.69, 9.17) is 52.2 Å². The number of furan rings is 1. The summed E-state index contributed by atoms with van der Waals surface area (Å²) >= 11 is 11.9. The number of rotatable bonds is 6. The van der Waals surface area contributed by atoms with Gasteiger partial charge in [-0.3, -0.25) is 14.5 Å². The summed E-state index contributed by atoms with van der Waals surface area (Å²) in [6.07, 6.45) is 1.48. The van der Waals surface area contributed by atoms with E-state index in [2.05, 4.69) is 0 Å². The molecule has 0 aliphatic carbocycles. The zero-order valence-corrected chi connectivity index (χ0v) is 18.2. The molecule has 2 N–H and O–H groups in total. The third-order valence-electron chi connectivity index (χ3n) is 4.32. The number of carboxylic acids is 2. The second kappa shape index (κ2) is 12.1. The Bertz CT molecular complexity index is 945. The van der Waals surface area contributed by atoms with Gasteiger partial charge in [-0.2, -0.15) is 0 Å². The highest BCUT2D eigenvalue weighted by molar-refractivity contribution is 6.35. The topological polar surface area (TPSA) is 138 Å². The summed E-state index contributed by atoms with van der Waals surface area (Å²) in [4.78, 5) is 46.3. The zero-order chi connectivity index (χ0) is 23.7. The van der Waals surface area contributed by atoms with Crippen LogP contribution in [-0.2, 0) is 14.4 Å². The molecule has 1 amide bonds. The molecule has 32 heavy (non-hydrogen) atoms. The van der Waals surface area contributed by atoms with Crippen LogP contribution in [0.4, 0.5) is 0 Å². The van der Waals surface area contributed by atoms with E-state index in [-0.39, 0.29) is 24.8 Å². The first kappa shape index (κ1) is 25.2. The lowest BCUT2D eigenvalue weighted by molar-refractivity contribution is -0.159. The van der Waals surface area contributed by atoms with Crippen molar-refractivity contribution in [3.8, 4) is 5.75 Å². The van der Waals surface area contributed by atoms with Crippen LogP contribution in [-0.4, -0.2) is 83.0 Å². The summed E-state index contributed by atoms with van der Waals surface area (Å²) < 4.78 is 10.6. The number of carboxylic acid groups (broad SMARTS) is 2. The summed E-state index contributed by atoms with van der Waals surface area (Å²) in [6, 6.07) is 8.20. The van der Waals surface area contributed by atoms with Gasteiger partial charge < -0.3 is 24.3 Å². The van der Waals surface area contributed by atoms with Crippen molar-refractivity contribution in [1.82, 2.24) is 9.80 Å². The summed E-state index contributed by atoms with van der Waals surface area (Å²) in [5.41, 5.74) is 0. The average molecular weight is 487 g/mol. The third kappa shape index (κ3) is 7.88. The number of ketones is 1. The Balaban J connectivity index is 0.000000534. The first-order valence-corrected chi connectivity index (χ1v) is 10.0. The number of amides is 1. The molecule has 1 aromatic heterocycles. The monoisotopic (exact) mass is 486 g/mol. The van der Waals surface area contributed by atoms with Crippen molar-refractivity contribution in [2.24, 2.45) is 0 Å². The average Bonchev–Trinajstić information content (AvgIpc) is 3.29. The lowest BCUT2D eigenvalue weighted by atomic mass is 10.2. The van der Waals surface area contributed by atoms with Gasteiger partial charge in [-0.25, -0.2) is 9.59 Å². The van der Waals surface area contributed by atoms with Crippen LogP contribution in [0.2, 0.25) is 10.0 Å². The van der Waals surface area contributed by atoms with E-state index in [1.165, 1.54) is 6.26 Å².